The number of fused-ring (bicyclic) bond motifs is 7. The lowest BCUT2D eigenvalue weighted by Crippen LogP contribution is -3.11. The van der Waals surface area contributed by atoms with Crippen molar-refractivity contribution in [1.82, 2.24) is 9.88 Å². The maximum atomic E-state index is 7.07. The molecule has 1 saturated carbocycles. The largest absolute Gasteiger partial charge is 0.369 e. The van der Waals surface area contributed by atoms with E-state index in [1.165, 1.54) is 64.1 Å². The number of nitrogens with one attached hydrogen (secondary N) is 2. The Morgan fingerprint density at radius 2 is 2.02 bits per heavy atom. The topological polar surface area (TPSA) is 35.9 Å². The first kappa shape index (κ1) is 24.0. The van der Waals surface area contributed by atoms with Crippen molar-refractivity contribution >= 4 is 22.3 Å². The Morgan fingerprint density at radius 1 is 1.12 bits per heavy atom. The van der Waals surface area contributed by atoms with Gasteiger partial charge in [-0.1, -0.05) is 55.0 Å². The standard InChI is InChI=1S/C38H38N4O/c1-2-22-19-40-14-11-25-24-7-3-5-9-30(24)39-35(25)32(40)17-26(22)28-21-42-31-10-6-4-8-29(31)38-13-15-41-20-23-12-16-43-36(28)34(37(38)42)27(23)18-33(38)41/h3-10,12,17,21,27,33-34,36-37,39H,2,11,13-16,18-20H2,1H3/p+1/t27-,33-,34-,36-,37-,38+/m0/s1. The van der Waals surface area contributed by atoms with Crippen LogP contribution in [0, 0.1) is 11.8 Å². The van der Waals surface area contributed by atoms with Crippen LogP contribution >= 0.6 is 0 Å². The fourth-order valence-electron chi connectivity index (χ4n) is 11.4. The fraction of sp³-hybridized carbons (Fsp3) is 0.421. The molecule has 0 radical (unpaired) electrons. The van der Waals surface area contributed by atoms with Gasteiger partial charge >= 0.3 is 0 Å². The lowest BCUT2D eigenvalue weighted by atomic mass is 9.53. The minimum atomic E-state index is 0.139. The van der Waals surface area contributed by atoms with Crippen molar-refractivity contribution in [1.29, 1.82) is 0 Å². The summed E-state index contributed by atoms with van der Waals surface area (Å²) in [5.41, 5.74) is 15.0. The Kier molecular flexibility index (Phi) is 4.58. The first-order valence-electron chi connectivity index (χ1n) is 16.8. The van der Waals surface area contributed by atoms with E-state index < -0.39 is 0 Å². The molecule has 2 aromatic carbocycles. The summed E-state index contributed by atoms with van der Waals surface area (Å²) in [6.07, 6.45) is 12.6. The summed E-state index contributed by atoms with van der Waals surface area (Å²) < 4.78 is 7.07. The Balaban J connectivity index is 1.13. The molecule has 8 heterocycles. The van der Waals surface area contributed by atoms with Crippen LogP contribution in [0.2, 0.25) is 0 Å². The molecule has 7 atom stereocenters. The molecular formula is C38H39N4O+. The van der Waals surface area contributed by atoms with Crippen molar-refractivity contribution in [2.24, 2.45) is 11.8 Å². The Morgan fingerprint density at radius 3 is 2.98 bits per heavy atom. The Hall–Kier alpha value is -3.38. The number of piperidine rings is 1. The van der Waals surface area contributed by atoms with Gasteiger partial charge in [0.2, 0.25) is 0 Å². The van der Waals surface area contributed by atoms with Gasteiger partial charge in [0.05, 0.1) is 25.3 Å². The van der Waals surface area contributed by atoms with Gasteiger partial charge in [0.1, 0.15) is 12.2 Å². The zero-order chi connectivity index (χ0) is 28.0. The van der Waals surface area contributed by atoms with E-state index >= 15 is 0 Å². The molecule has 5 nitrogen and oxygen atoms in total. The van der Waals surface area contributed by atoms with Crippen LogP contribution in [0.5, 0.6) is 0 Å². The quantitative estimate of drug-likeness (QED) is 0.439. The number of H-pyrrole nitrogens is 1. The maximum Gasteiger partial charge on any atom is 0.156 e. The molecular weight excluding hydrogens is 528 g/mol. The van der Waals surface area contributed by atoms with E-state index in [-0.39, 0.29) is 11.5 Å². The normalized spacial score (nSPS) is 36.5. The molecule has 216 valence electrons. The van der Waals surface area contributed by atoms with Gasteiger partial charge in [0.25, 0.3) is 0 Å². The van der Waals surface area contributed by atoms with Crippen molar-refractivity contribution in [3.63, 3.8) is 0 Å². The van der Waals surface area contributed by atoms with Crippen LogP contribution in [0.3, 0.4) is 0 Å². The number of anilines is 1. The van der Waals surface area contributed by atoms with Gasteiger partial charge in [-0.05, 0) is 66.1 Å². The number of aromatic amines is 1. The van der Waals surface area contributed by atoms with Crippen LogP contribution in [-0.4, -0.2) is 60.9 Å². The molecule has 7 aliphatic heterocycles. The molecule has 1 unspecified atom stereocenters. The first-order valence-corrected chi connectivity index (χ1v) is 16.8. The molecule has 5 heteroatoms. The zero-order valence-corrected chi connectivity index (χ0v) is 24.9. The summed E-state index contributed by atoms with van der Waals surface area (Å²) in [5.74, 6) is 1.10. The Bertz CT molecular complexity index is 1870. The summed E-state index contributed by atoms with van der Waals surface area (Å²) in [4.78, 5) is 11.1. The van der Waals surface area contributed by atoms with E-state index in [1.54, 1.807) is 21.6 Å². The lowest BCUT2D eigenvalue weighted by Gasteiger charge is -2.59. The number of allylic oxidation sites excluding steroid dienone is 1. The SMILES string of the molecule is CCC1=C(C2=CN3c4ccccc4[C@@]45CCN6CC7=CCO[C@@H]2[C@@H]([C@H]34)[C@H]7C[C@H]65)C=C2c3[nH]c4ccccc4c3CC[NH+]2C1. The number of ether oxygens (including phenoxy) is 1. The number of para-hydroxylation sites is 2. The molecule has 43 heavy (non-hydrogen) atoms. The summed E-state index contributed by atoms with van der Waals surface area (Å²) >= 11 is 0. The highest BCUT2D eigenvalue weighted by Gasteiger charge is 2.69. The number of quaternary nitrogens is 1. The minimum absolute atomic E-state index is 0.139. The molecule has 1 aromatic heterocycles. The second-order valence-electron chi connectivity index (χ2n) is 14.4. The minimum Gasteiger partial charge on any atom is -0.369 e. The van der Waals surface area contributed by atoms with Gasteiger partial charge in [-0.2, -0.15) is 0 Å². The fourth-order valence-corrected chi connectivity index (χ4v) is 11.4. The van der Waals surface area contributed by atoms with Crippen molar-refractivity contribution in [2.45, 2.75) is 56.2 Å². The van der Waals surface area contributed by atoms with Gasteiger partial charge in [0, 0.05) is 64.8 Å². The third kappa shape index (κ3) is 2.82. The number of benzene rings is 2. The molecule has 1 aliphatic carbocycles. The number of hydrogen-bond acceptors (Lipinski definition) is 3. The van der Waals surface area contributed by atoms with E-state index in [0.717, 1.165) is 39.1 Å². The van der Waals surface area contributed by atoms with Crippen LogP contribution in [-0.2, 0) is 16.6 Å². The summed E-state index contributed by atoms with van der Waals surface area (Å²) in [6, 6.07) is 19.5. The molecule has 3 fully saturated rings. The number of hydrogen-bond donors (Lipinski definition) is 2. The van der Waals surface area contributed by atoms with Crippen molar-refractivity contribution < 1.29 is 9.64 Å². The summed E-state index contributed by atoms with van der Waals surface area (Å²) in [5, 5.41) is 1.40. The summed E-state index contributed by atoms with van der Waals surface area (Å²) in [6.45, 7) is 7.73. The lowest BCUT2D eigenvalue weighted by molar-refractivity contribution is -0.822. The second-order valence-corrected chi connectivity index (χ2v) is 14.4. The highest BCUT2D eigenvalue weighted by molar-refractivity contribution is 5.89. The molecule has 8 aliphatic rings. The Labute approximate surface area is 253 Å². The predicted octanol–water partition coefficient (Wildman–Crippen LogP) is 4.74. The van der Waals surface area contributed by atoms with Crippen molar-refractivity contribution in [3.8, 4) is 0 Å². The van der Waals surface area contributed by atoms with Crippen LogP contribution in [0.15, 0.2) is 89.2 Å². The molecule has 2 N–H and O–H groups in total. The average Bonchev–Trinajstić information content (AvgIpc) is 3.67. The second kappa shape index (κ2) is 8.20. The van der Waals surface area contributed by atoms with Gasteiger partial charge in [0.15, 0.2) is 5.70 Å². The number of nitrogens with zero attached hydrogens (tertiary/aromatic N) is 2. The predicted molar refractivity (Wildman–Crippen MR) is 170 cm³/mol. The number of aromatic nitrogens is 1. The highest BCUT2D eigenvalue weighted by atomic mass is 16.5. The van der Waals surface area contributed by atoms with E-state index in [2.05, 4.69) is 88.6 Å². The highest BCUT2D eigenvalue weighted by Crippen LogP contribution is 2.66. The monoisotopic (exact) mass is 567 g/mol. The van der Waals surface area contributed by atoms with Gasteiger partial charge in [-0.25, -0.2) is 0 Å². The van der Waals surface area contributed by atoms with E-state index in [9.17, 15) is 0 Å². The van der Waals surface area contributed by atoms with Gasteiger partial charge < -0.3 is 14.6 Å². The van der Waals surface area contributed by atoms with Crippen LogP contribution < -0.4 is 9.80 Å². The van der Waals surface area contributed by atoms with E-state index in [0.29, 0.717) is 23.9 Å². The molecule has 2 bridgehead atoms. The molecule has 11 rings (SSSR count). The van der Waals surface area contributed by atoms with Crippen molar-refractivity contribution in [3.05, 3.63) is 106 Å². The van der Waals surface area contributed by atoms with Crippen molar-refractivity contribution in [2.75, 3.05) is 37.7 Å². The van der Waals surface area contributed by atoms with Gasteiger partial charge in [-0.15, -0.1) is 0 Å². The maximum absolute atomic E-state index is 7.07. The number of rotatable bonds is 2. The van der Waals surface area contributed by atoms with Crippen LogP contribution in [0.4, 0.5) is 5.69 Å². The third-order valence-corrected chi connectivity index (χ3v) is 13.1. The molecule has 1 spiro atoms. The van der Waals surface area contributed by atoms with E-state index in [1.807, 2.05) is 0 Å². The third-order valence-electron chi connectivity index (χ3n) is 13.1. The summed E-state index contributed by atoms with van der Waals surface area (Å²) in [7, 11) is 0. The molecule has 3 aromatic rings. The zero-order valence-electron chi connectivity index (χ0n) is 24.9. The van der Waals surface area contributed by atoms with Gasteiger partial charge in [-0.3, -0.25) is 9.80 Å². The molecule has 0 amide bonds. The molecule has 2 saturated heterocycles. The van der Waals surface area contributed by atoms with E-state index in [4.69, 9.17) is 4.74 Å². The van der Waals surface area contributed by atoms with Crippen LogP contribution in [0.25, 0.3) is 16.6 Å². The first-order chi connectivity index (χ1) is 21.2. The average molecular weight is 568 g/mol. The smallest absolute Gasteiger partial charge is 0.156 e. The van der Waals surface area contributed by atoms with Crippen LogP contribution in [0.1, 0.15) is 43.0 Å².